The maximum absolute atomic E-state index is 12.0. The van der Waals surface area contributed by atoms with Gasteiger partial charge in [0.15, 0.2) is 0 Å². The molecule has 122 valence electrons. The van der Waals surface area contributed by atoms with Crippen molar-refractivity contribution in [3.05, 3.63) is 0 Å². The lowest BCUT2D eigenvalue weighted by molar-refractivity contribution is -0.139. The summed E-state index contributed by atoms with van der Waals surface area (Å²) in [5, 5.41) is 11.9. The van der Waals surface area contributed by atoms with Crippen molar-refractivity contribution in [2.75, 3.05) is 38.7 Å². The van der Waals surface area contributed by atoms with Gasteiger partial charge >= 0.3 is 12.0 Å². The van der Waals surface area contributed by atoms with Gasteiger partial charge in [-0.1, -0.05) is 6.92 Å². The first-order valence-corrected chi connectivity index (χ1v) is 8.83. The van der Waals surface area contributed by atoms with Crippen molar-refractivity contribution in [1.29, 1.82) is 0 Å². The van der Waals surface area contributed by atoms with Crippen LogP contribution in [-0.2, 0) is 4.79 Å². The molecule has 0 aromatic heterocycles. The van der Waals surface area contributed by atoms with Crippen molar-refractivity contribution in [3.8, 4) is 0 Å². The summed E-state index contributed by atoms with van der Waals surface area (Å²) in [6, 6.07) is 0.423. The number of urea groups is 1. The van der Waals surface area contributed by atoms with E-state index >= 15 is 0 Å². The summed E-state index contributed by atoms with van der Waals surface area (Å²) < 4.78 is 0. The van der Waals surface area contributed by atoms with Crippen LogP contribution < -0.4 is 5.32 Å². The summed E-state index contributed by atoms with van der Waals surface area (Å²) in [5.74, 6) is 0.266. The van der Waals surface area contributed by atoms with Crippen molar-refractivity contribution < 1.29 is 14.7 Å². The summed E-state index contributed by atoms with van der Waals surface area (Å²) in [7, 11) is 1.81. The molecule has 0 unspecified atom stereocenters. The van der Waals surface area contributed by atoms with E-state index in [1.54, 1.807) is 16.7 Å². The molecule has 7 heteroatoms. The molecule has 1 aliphatic carbocycles. The number of thioether (sulfide) groups is 1. The minimum Gasteiger partial charge on any atom is -0.480 e. The highest BCUT2D eigenvalue weighted by Gasteiger charge is 2.34. The van der Waals surface area contributed by atoms with E-state index in [0.29, 0.717) is 0 Å². The Morgan fingerprint density at radius 3 is 2.57 bits per heavy atom. The Kier molecular flexibility index (Phi) is 7.88. The molecule has 1 rings (SSSR count). The fraction of sp³-hybridized carbons (Fsp3) is 0.857. The highest BCUT2D eigenvalue weighted by atomic mass is 32.2. The zero-order chi connectivity index (χ0) is 15.8. The molecule has 6 nitrogen and oxygen atoms in total. The molecular formula is C14H27N3O3S. The van der Waals surface area contributed by atoms with Gasteiger partial charge in [-0.2, -0.15) is 11.8 Å². The number of amides is 2. The minimum absolute atomic E-state index is 0.0270. The smallest absolute Gasteiger partial charge is 0.317 e. The van der Waals surface area contributed by atoms with Crippen LogP contribution in [0.25, 0.3) is 0 Å². The quantitative estimate of drug-likeness (QED) is 0.628. The molecule has 0 atom stereocenters. The third-order valence-corrected chi connectivity index (χ3v) is 4.59. The van der Waals surface area contributed by atoms with Gasteiger partial charge in [0.1, 0.15) is 0 Å². The van der Waals surface area contributed by atoms with Gasteiger partial charge in [-0.25, -0.2) is 4.79 Å². The number of rotatable bonds is 9. The third kappa shape index (κ3) is 6.13. The van der Waals surface area contributed by atoms with Crippen LogP contribution in [0.5, 0.6) is 0 Å². The Morgan fingerprint density at radius 2 is 2.05 bits per heavy atom. The van der Waals surface area contributed by atoms with E-state index in [2.05, 4.69) is 11.6 Å². The molecule has 0 saturated heterocycles. The minimum atomic E-state index is -0.794. The van der Waals surface area contributed by atoms with Crippen LogP contribution in [0, 0.1) is 0 Å². The molecule has 1 aliphatic rings. The van der Waals surface area contributed by atoms with Crippen molar-refractivity contribution in [1.82, 2.24) is 15.1 Å². The van der Waals surface area contributed by atoms with Crippen molar-refractivity contribution >= 4 is 23.8 Å². The van der Waals surface area contributed by atoms with E-state index in [4.69, 9.17) is 5.11 Å². The van der Waals surface area contributed by atoms with Gasteiger partial charge in [-0.15, -0.1) is 0 Å². The normalized spacial score (nSPS) is 21.0. The van der Waals surface area contributed by atoms with Crippen molar-refractivity contribution in [2.24, 2.45) is 0 Å². The lowest BCUT2D eigenvalue weighted by atomic mass is 9.85. The molecular weight excluding hydrogens is 290 g/mol. The summed E-state index contributed by atoms with van der Waals surface area (Å²) >= 11 is 1.78. The summed E-state index contributed by atoms with van der Waals surface area (Å²) in [6.45, 7) is 3.54. The SMILES string of the molecule is CCN(CC(=O)O)C1CC(NC(=O)N(C)CCCSC)C1. The summed E-state index contributed by atoms with van der Waals surface area (Å²) in [4.78, 5) is 26.4. The number of likely N-dealkylation sites (N-methyl/N-ethyl adjacent to an activating group) is 1. The lowest BCUT2D eigenvalue weighted by Crippen LogP contribution is -2.56. The van der Waals surface area contributed by atoms with Crippen LogP contribution in [0.3, 0.4) is 0 Å². The topological polar surface area (TPSA) is 72.9 Å². The maximum Gasteiger partial charge on any atom is 0.317 e. The lowest BCUT2D eigenvalue weighted by Gasteiger charge is -2.42. The number of carbonyl (C=O) groups is 2. The molecule has 0 aromatic carbocycles. The summed E-state index contributed by atoms with van der Waals surface area (Å²) in [6.07, 6.45) is 4.74. The van der Waals surface area contributed by atoms with Gasteiger partial charge in [-0.3, -0.25) is 9.69 Å². The Morgan fingerprint density at radius 1 is 1.38 bits per heavy atom. The van der Waals surface area contributed by atoms with Crippen LogP contribution >= 0.6 is 11.8 Å². The van der Waals surface area contributed by atoms with E-state index in [9.17, 15) is 9.59 Å². The Balaban J connectivity index is 2.24. The Bertz CT molecular complexity index is 348. The molecule has 0 radical (unpaired) electrons. The largest absolute Gasteiger partial charge is 0.480 e. The number of nitrogens with one attached hydrogen (secondary N) is 1. The monoisotopic (exact) mass is 317 g/mol. The average molecular weight is 317 g/mol. The molecule has 0 aliphatic heterocycles. The highest BCUT2D eigenvalue weighted by Crippen LogP contribution is 2.25. The maximum atomic E-state index is 12.0. The van der Waals surface area contributed by atoms with Gasteiger partial charge in [0, 0.05) is 25.7 Å². The van der Waals surface area contributed by atoms with Crippen LogP contribution in [0.4, 0.5) is 4.79 Å². The zero-order valence-corrected chi connectivity index (χ0v) is 14.0. The van der Waals surface area contributed by atoms with Gasteiger partial charge in [0.25, 0.3) is 0 Å². The van der Waals surface area contributed by atoms with Gasteiger partial charge in [0.2, 0.25) is 0 Å². The first-order chi connectivity index (χ1) is 9.97. The number of carboxylic acids is 1. The third-order valence-electron chi connectivity index (χ3n) is 3.89. The van der Waals surface area contributed by atoms with Crippen LogP contribution in [0.15, 0.2) is 0 Å². The van der Waals surface area contributed by atoms with E-state index in [1.165, 1.54) is 0 Å². The highest BCUT2D eigenvalue weighted by molar-refractivity contribution is 7.98. The number of hydrogen-bond donors (Lipinski definition) is 2. The number of carboxylic acid groups (broad SMARTS) is 1. The molecule has 0 bridgehead atoms. The van der Waals surface area contributed by atoms with E-state index in [0.717, 1.165) is 38.1 Å². The Hall–Kier alpha value is -0.950. The summed E-state index contributed by atoms with van der Waals surface area (Å²) in [5.41, 5.74) is 0. The van der Waals surface area contributed by atoms with E-state index < -0.39 is 5.97 Å². The average Bonchev–Trinajstić information content (AvgIpc) is 2.39. The molecule has 2 N–H and O–H groups in total. The van der Waals surface area contributed by atoms with Gasteiger partial charge in [0.05, 0.1) is 6.54 Å². The van der Waals surface area contributed by atoms with Gasteiger partial charge in [-0.05, 0) is 37.8 Å². The predicted molar refractivity (Wildman–Crippen MR) is 85.9 cm³/mol. The molecule has 1 fully saturated rings. The van der Waals surface area contributed by atoms with Crippen molar-refractivity contribution in [3.63, 3.8) is 0 Å². The van der Waals surface area contributed by atoms with Crippen LogP contribution in [-0.4, -0.2) is 77.7 Å². The molecule has 1 saturated carbocycles. The fourth-order valence-corrected chi connectivity index (χ4v) is 2.93. The van der Waals surface area contributed by atoms with Crippen molar-refractivity contribution in [2.45, 2.75) is 38.3 Å². The number of hydrogen-bond acceptors (Lipinski definition) is 4. The molecule has 21 heavy (non-hydrogen) atoms. The second kappa shape index (κ2) is 9.15. The van der Waals surface area contributed by atoms with E-state index in [-0.39, 0.29) is 24.7 Å². The second-order valence-corrected chi connectivity index (χ2v) is 6.48. The number of aliphatic carboxylic acids is 1. The van der Waals surface area contributed by atoms with Gasteiger partial charge < -0.3 is 15.3 Å². The second-order valence-electron chi connectivity index (χ2n) is 5.50. The van der Waals surface area contributed by atoms with Crippen LogP contribution in [0.2, 0.25) is 0 Å². The molecule has 0 spiro atoms. The first kappa shape index (κ1) is 18.1. The predicted octanol–water partition coefficient (Wildman–Crippen LogP) is 1.32. The molecule has 2 amide bonds. The molecule has 0 aromatic rings. The number of nitrogens with zero attached hydrogens (tertiary/aromatic N) is 2. The zero-order valence-electron chi connectivity index (χ0n) is 13.2. The molecule has 0 heterocycles. The van der Waals surface area contributed by atoms with E-state index in [1.807, 2.05) is 18.9 Å². The Labute approximate surface area is 131 Å². The van der Waals surface area contributed by atoms with Crippen LogP contribution in [0.1, 0.15) is 26.2 Å². The fourth-order valence-electron chi connectivity index (χ4n) is 2.51. The number of carbonyl (C=O) groups excluding carboxylic acids is 1. The first-order valence-electron chi connectivity index (χ1n) is 7.44. The standard InChI is InChI=1S/C14H27N3O3S/c1-4-17(10-13(18)19)12-8-11(9-12)15-14(20)16(2)6-5-7-21-3/h11-12H,4-10H2,1-3H3,(H,15,20)(H,18,19).